The predicted molar refractivity (Wildman–Crippen MR) is 76.4 cm³/mol. The molecule has 0 aliphatic carbocycles. The number of halogens is 2. The van der Waals surface area contributed by atoms with Crippen molar-refractivity contribution in [1.29, 1.82) is 5.41 Å². The Morgan fingerprint density at radius 2 is 1.95 bits per heavy atom. The van der Waals surface area contributed by atoms with Crippen molar-refractivity contribution < 1.29 is 9.13 Å². The van der Waals surface area contributed by atoms with Crippen LogP contribution in [0.4, 0.5) is 4.39 Å². The molecule has 19 heavy (non-hydrogen) atoms. The molecule has 5 heteroatoms. The molecule has 0 spiro atoms. The highest BCUT2D eigenvalue weighted by Gasteiger charge is 2.11. The van der Waals surface area contributed by atoms with Crippen LogP contribution >= 0.6 is 15.9 Å². The molecule has 2 aromatic rings. The van der Waals surface area contributed by atoms with Crippen molar-refractivity contribution in [3.63, 3.8) is 0 Å². The largest absolute Gasteiger partial charge is 0.453 e. The maximum absolute atomic E-state index is 13.7. The molecule has 0 unspecified atom stereocenters. The second-order valence-electron chi connectivity index (χ2n) is 4.09. The van der Waals surface area contributed by atoms with E-state index in [1.165, 1.54) is 6.07 Å². The van der Waals surface area contributed by atoms with Crippen LogP contribution in [0.1, 0.15) is 11.1 Å². The van der Waals surface area contributed by atoms with Gasteiger partial charge in [0.1, 0.15) is 11.6 Å². The Kier molecular flexibility index (Phi) is 3.85. The third-order valence-electron chi connectivity index (χ3n) is 2.54. The van der Waals surface area contributed by atoms with Gasteiger partial charge < -0.3 is 10.5 Å². The fourth-order valence-corrected chi connectivity index (χ4v) is 1.95. The Balaban J connectivity index is 2.45. The molecule has 0 saturated carbocycles. The highest BCUT2D eigenvalue weighted by Crippen LogP contribution is 2.30. The number of aryl methyl sites for hydroxylation is 1. The van der Waals surface area contributed by atoms with Gasteiger partial charge in [-0.2, -0.15) is 0 Å². The summed E-state index contributed by atoms with van der Waals surface area (Å²) >= 11 is 3.31. The summed E-state index contributed by atoms with van der Waals surface area (Å²) in [7, 11) is 0. The number of nitrogens with two attached hydrogens (primary N) is 1. The highest BCUT2D eigenvalue weighted by molar-refractivity contribution is 9.10. The smallest absolute Gasteiger partial charge is 0.165 e. The van der Waals surface area contributed by atoms with Crippen LogP contribution in [0.2, 0.25) is 0 Å². The first-order valence-electron chi connectivity index (χ1n) is 5.55. The second-order valence-corrected chi connectivity index (χ2v) is 5.01. The maximum atomic E-state index is 13.7. The van der Waals surface area contributed by atoms with Crippen molar-refractivity contribution in [1.82, 2.24) is 0 Å². The lowest BCUT2D eigenvalue weighted by Gasteiger charge is -2.12. The lowest BCUT2D eigenvalue weighted by atomic mass is 10.2. The second kappa shape index (κ2) is 5.40. The van der Waals surface area contributed by atoms with E-state index < -0.39 is 5.82 Å². The number of hydrogen-bond acceptors (Lipinski definition) is 2. The monoisotopic (exact) mass is 322 g/mol. The van der Waals surface area contributed by atoms with Crippen LogP contribution in [0.5, 0.6) is 11.5 Å². The number of nitrogens with one attached hydrogen (secondary N) is 1. The fourth-order valence-electron chi connectivity index (χ4n) is 1.61. The molecule has 2 aromatic carbocycles. The quantitative estimate of drug-likeness (QED) is 0.663. The van der Waals surface area contributed by atoms with Crippen LogP contribution < -0.4 is 10.5 Å². The summed E-state index contributed by atoms with van der Waals surface area (Å²) in [6, 6.07) is 9.65. The highest BCUT2D eigenvalue weighted by atomic mass is 79.9. The molecule has 0 bridgehead atoms. The Labute approximate surface area is 118 Å². The predicted octanol–water partition coefficient (Wildman–Crippen LogP) is 3.97. The minimum Gasteiger partial charge on any atom is -0.453 e. The molecule has 0 aromatic heterocycles. The van der Waals surface area contributed by atoms with E-state index in [0.29, 0.717) is 11.3 Å². The van der Waals surface area contributed by atoms with E-state index in [1.807, 2.05) is 6.92 Å². The van der Waals surface area contributed by atoms with Gasteiger partial charge in [0.15, 0.2) is 11.6 Å². The molecule has 2 rings (SSSR count). The van der Waals surface area contributed by atoms with Gasteiger partial charge in [-0.1, -0.05) is 22.0 Å². The number of benzene rings is 2. The van der Waals surface area contributed by atoms with Gasteiger partial charge in [-0.3, -0.25) is 5.41 Å². The zero-order valence-electron chi connectivity index (χ0n) is 10.2. The standard InChI is InChI=1S/C14H12BrFN2O/c1-8-2-5-11(16)13(6-8)19-12-7-9(15)3-4-10(12)14(17)18/h2-7H,1H3,(H3,17,18). The van der Waals surface area contributed by atoms with Crippen LogP contribution in [0, 0.1) is 18.2 Å². The van der Waals surface area contributed by atoms with Crippen LogP contribution in [-0.4, -0.2) is 5.84 Å². The minimum atomic E-state index is -0.458. The lowest BCUT2D eigenvalue weighted by Crippen LogP contribution is -2.12. The van der Waals surface area contributed by atoms with E-state index in [0.717, 1.165) is 10.0 Å². The summed E-state index contributed by atoms with van der Waals surface area (Å²) in [5.74, 6) is -0.136. The summed E-state index contributed by atoms with van der Waals surface area (Å²) < 4.78 is 20.0. The van der Waals surface area contributed by atoms with E-state index >= 15 is 0 Å². The van der Waals surface area contributed by atoms with Crippen molar-refractivity contribution >= 4 is 21.8 Å². The third-order valence-corrected chi connectivity index (χ3v) is 3.03. The molecule has 3 nitrogen and oxygen atoms in total. The molecule has 0 atom stereocenters. The van der Waals surface area contributed by atoms with Crippen molar-refractivity contribution in [3.8, 4) is 11.5 Å². The molecule has 0 amide bonds. The fraction of sp³-hybridized carbons (Fsp3) is 0.0714. The summed E-state index contributed by atoms with van der Waals surface area (Å²) in [5, 5.41) is 7.50. The number of ether oxygens (including phenoxy) is 1. The molecular formula is C14H12BrFN2O. The SMILES string of the molecule is Cc1ccc(F)c(Oc2cc(Br)ccc2C(=N)N)c1. The van der Waals surface area contributed by atoms with Crippen molar-refractivity contribution in [3.05, 3.63) is 57.8 Å². The van der Waals surface area contributed by atoms with Gasteiger partial charge >= 0.3 is 0 Å². The third kappa shape index (κ3) is 3.12. The number of nitrogen functional groups attached to an aromatic ring is 1. The van der Waals surface area contributed by atoms with Crippen molar-refractivity contribution in [2.24, 2.45) is 5.73 Å². The first-order valence-corrected chi connectivity index (χ1v) is 6.34. The lowest BCUT2D eigenvalue weighted by molar-refractivity contribution is 0.441. The van der Waals surface area contributed by atoms with E-state index in [9.17, 15) is 4.39 Å². The zero-order valence-corrected chi connectivity index (χ0v) is 11.8. The summed E-state index contributed by atoms with van der Waals surface area (Å²) in [6.07, 6.45) is 0. The Bertz CT molecular complexity index is 643. The average molecular weight is 323 g/mol. The Morgan fingerprint density at radius 1 is 1.21 bits per heavy atom. The molecule has 0 saturated heterocycles. The van der Waals surface area contributed by atoms with Gasteiger partial charge in [-0.25, -0.2) is 4.39 Å². The molecule has 0 heterocycles. The molecule has 3 N–H and O–H groups in total. The number of hydrogen-bond donors (Lipinski definition) is 2. The van der Waals surface area contributed by atoms with Gasteiger partial charge in [-0.15, -0.1) is 0 Å². The number of amidine groups is 1. The maximum Gasteiger partial charge on any atom is 0.165 e. The van der Waals surface area contributed by atoms with Crippen LogP contribution in [-0.2, 0) is 0 Å². The van der Waals surface area contributed by atoms with Gasteiger partial charge in [0.2, 0.25) is 0 Å². The van der Waals surface area contributed by atoms with Gasteiger partial charge in [0.25, 0.3) is 0 Å². The molecule has 0 fully saturated rings. The first-order chi connectivity index (χ1) is 8.97. The van der Waals surface area contributed by atoms with Gasteiger partial charge in [0.05, 0.1) is 5.56 Å². The van der Waals surface area contributed by atoms with Crippen molar-refractivity contribution in [2.45, 2.75) is 6.92 Å². The summed E-state index contributed by atoms with van der Waals surface area (Å²) in [5.41, 5.74) is 6.79. The minimum absolute atomic E-state index is 0.112. The van der Waals surface area contributed by atoms with E-state index in [2.05, 4.69) is 15.9 Å². The van der Waals surface area contributed by atoms with Crippen molar-refractivity contribution in [2.75, 3.05) is 0 Å². The topological polar surface area (TPSA) is 59.1 Å². The molecule has 0 aliphatic rings. The van der Waals surface area contributed by atoms with Crippen LogP contribution in [0.25, 0.3) is 0 Å². The molecule has 0 radical (unpaired) electrons. The van der Waals surface area contributed by atoms with E-state index in [-0.39, 0.29) is 11.6 Å². The van der Waals surface area contributed by atoms with Crippen LogP contribution in [0.3, 0.4) is 0 Å². The van der Waals surface area contributed by atoms with Crippen LogP contribution in [0.15, 0.2) is 40.9 Å². The molecular weight excluding hydrogens is 311 g/mol. The Morgan fingerprint density at radius 3 is 2.63 bits per heavy atom. The first kappa shape index (κ1) is 13.5. The van der Waals surface area contributed by atoms with E-state index in [4.69, 9.17) is 15.9 Å². The Hall–Kier alpha value is -1.88. The van der Waals surface area contributed by atoms with Gasteiger partial charge in [0, 0.05) is 4.47 Å². The average Bonchev–Trinajstić information content (AvgIpc) is 2.33. The molecule has 98 valence electrons. The van der Waals surface area contributed by atoms with E-state index in [1.54, 1.807) is 30.3 Å². The summed E-state index contributed by atoms with van der Waals surface area (Å²) in [4.78, 5) is 0. The number of rotatable bonds is 3. The zero-order chi connectivity index (χ0) is 14.0. The normalized spacial score (nSPS) is 10.3. The summed E-state index contributed by atoms with van der Waals surface area (Å²) in [6.45, 7) is 1.85. The van der Waals surface area contributed by atoms with Gasteiger partial charge in [-0.05, 0) is 42.8 Å². The molecule has 0 aliphatic heterocycles.